The molecule has 3 nitrogen and oxygen atoms in total. The van der Waals surface area contributed by atoms with E-state index < -0.39 is 6.16 Å². The van der Waals surface area contributed by atoms with Crippen molar-refractivity contribution in [1.82, 2.24) is 0 Å². The van der Waals surface area contributed by atoms with Crippen LogP contribution in [0.3, 0.4) is 0 Å². The molecule has 0 bridgehead atoms. The predicted octanol–water partition coefficient (Wildman–Crippen LogP) is 2.98. The van der Waals surface area contributed by atoms with Gasteiger partial charge in [0.15, 0.2) is 0 Å². The minimum atomic E-state index is -0.537. The molecule has 1 saturated heterocycles. The van der Waals surface area contributed by atoms with Gasteiger partial charge < -0.3 is 9.47 Å². The molecule has 0 spiro atoms. The Morgan fingerprint density at radius 2 is 1.14 bits per heavy atom. The summed E-state index contributed by atoms with van der Waals surface area (Å²) < 4.78 is 10.4. The Hall–Kier alpha value is -0.730. The number of carbonyl (C=O) groups is 1. The van der Waals surface area contributed by atoms with Crippen LogP contribution in [-0.2, 0) is 9.47 Å². The second kappa shape index (κ2) is 3.14. The fourth-order valence-corrected chi connectivity index (χ4v) is 1.62. The summed E-state index contributed by atoms with van der Waals surface area (Å²) >= 11 is 0. The Morgan fingerprint density at radius 1 is 0.857 bits per heavy atom. The Morgan fingerprint density at radius 3 is 1.36 bits per heavy atom. The number of hydrogen-bond donors (Lipinski definition) is 0. The van der Waals surface area contributed by atoms with Crippen LogP contribution < -0.4 is 0 Å². The highest BCUT2D eigenvalue weighted by Gasteiger charge is 2.49. The number of ether oxygens (including phenoxy) is 2. The lowest BCUT2D eigenvalue weighted by atomic mass is 9.76. The Kier molecular flexibility index (Phi) is 2.55. The zero-order valence-electron chi connectivity index (χ0n) is 9.88. The van der Waals surface area contributed by atoms with E-state index in [0.29, 0.717) is 0 Å². The average Bonchev–Trinajstić information content (AvgIpc) is 2.27. The number of carbonyl (C=O) groups excluding carboxylic acids is 1. The van der Waals surface area contributed by atoms with Crippen molar-refractivity contribution in [2.45, 2.75) is 53.8 Å². The van der Waals surface area contributed by atoms with Gasteiger partial charge in [-0.05, 0) is 0 Å². The third kappa shape index (κ3) is 2.20. The summed E-state index contributed by atoms with van der Waals surface area (Å²) in [5.41, 5.74) is -0.159. The molecule has 0 N–H and O–H groups in total. The highest BCUT2D eigenvalue weighted by atomic mass is 16.8. The molecule has 0 saturated carbocycles. The molecule has 0 aliphatic carbocycles. The molecule has 1 fully saturated rings. The monoisotopic (exact) mass is 200 g/mol. The molecule has 3 heteroatoms. The maximum absolute atomic E-state index is 11.1. The van der Waals surface area contributed by atoms with Gasteiger partial charge in [-0.15, -0.1) is 0 Å². The zero-order chi connectivity index (χ0) is 11.1. The average molecular weight is 200 g/mol. The van der Waals surface area contributed by atoms with Crippen molar-refractivity contribution < 1.29 is 14.3 Å². The second-order valence-corrected chi connectivity index (χ2v) is 6.06. The normalized spacial score (nSPS) is 28.6. The molecule has 1 aliphatic rings. The van der Waals surface area contributed by atoms with Gasteiger partial charge in [0.05, 0.1) is 0 Å². The Bertz CT molecular complexity index is 208. The number of rotatable bonds is 0. The first kappa shape index (κ1) is 11.3. The lowest BCUT2D eigenvalue weighted by molar-refractivity contribution is 0.000876. The van der Waals surface area contributed by atoms with Crippen molar-refractivity contribution in [3.8, 4) is 0 Å². The molecule has 0 radical (unpaired) electrons. The van der Waals surface area contributed by atoms with E-state index in [1.54, 1.807) is 0 Å². The van der Waals surface area contributed by atoms with Crippen LogP contribution in [0, 0.1) is 10.8 Å². The van der Waals surface area contributed by atoms with Gasteiger partial charge in [0.2, 0.25) is 0 Å². The van der Waals surface area contributed by atoms with Crippen LogP contribution in [0.15, 0.2) is 0 Å². The molecule has 0 aromatic rings. The van der Waals surface area contributed by atoms with Crippen LogP contribution in [0.25, 0.3) is 0 Å². The summed E-state index contributed by atoms with van der Waals surface area (Å²) in [5, 5.41) is 0. The van der Waals surface area contributed by atoms with Crippen LogP contribution in [0.5, 0.6) is 0 Å². The highest BCUT2D eigenvalue weighted by Crippen LogP contribution is 2.39. The molecule has 0 aromatic heterocycles. The molecule has 1 heterocycles. The third-order valence-corrected chi connectivity index (χ3v) is 2.43. The topological polar surface area (TPSA) is 35.5 Å². The fraction of sp³-hybridized carbons (Fsp3) is 0.909. The first-order valence-electron chi connectivity index (χ1n) is 4.99. The van der Waals surface area contributed by atoms with Gasteiger partial charge in [-0.25, -0.2) is 4.79 Å². The molecule has 1 aliphatic heterocycles. The van der Waals surface area contributed by atoms with Crippen molar-refractivity contribution in [3.05, 3.63) is 0 Å². The van der Waals surface area contributed by atoms with E-state index in [1.165, 1.54) is 0 Å². The molecule has 14 heavy (non-hydrogen) atoms. The van der Waals surface area contributed by atoms with Crippen molar-refractivity contribution in [2.24, 2.45) is 10.8 Å². The van der Waals surface area contributed by atoms with Crippen molar-refractivity contribution in [3.63, 3.8) is 0 Å². The summed E-state index contributed by atoms with van der Waals surface area (Å²) in [5.74, 6) is 0. The van der Waals surface area contributed by atoms with E-state index in [0.717, 1.165) is 0 Å². The standard InChI is InChI=1S/C11H20O3/c1-10(2,3)7-8(11(4,5)6)14-9(12)13-7/h7-8H,1-6H3/t7-,8-/m1/s1. The molecule has 2 atom stereocenters. The molecular weight excluding hydrogens is 180 g/mol. The maximum Gasteiger partial charge on any atom is 0.509 e. The third-order valence-electron chi connectivity index (χ3n) is 2.43. The van der Waals surface area contributed by atoms with Gasteiger partial charge in [0.25, 0.3) is 0 Å². The smallest absolute Gasteiger partial charge is 0.426 e. The van der Waals surface area contributed by atoms with Gasteiger partial charge in [0.1, 0.15) is 12.2 Å². The van der Waals surface area contributed by atoms with Crippen LogP contribution >= 0.6 is 0 Å². The van der Waals surface area contributed by atoms with Crippen molar-refractivity contribution >= 4 is 6.16 Å². The second-order valence-electron chi connectivity index (χ2n) is 6.06. The van der Waals surface area contributed by atoms with Crippen LogP contribution in [0.2, 0.25) is 0 Å². The molecule has 0 aromatic carbocycles. The lowest BCUT2D eigenvalue weighted by Crippen LogP contribution is -2.42. The zero-order valence-corrected chi connectivity index (χ0v) is 9.88. The van der Waals surface area contributed by atoms with Crippen molar-refractivity contribution in [2.75, 3.05) is 0 Å². The quantitative estimate of drug-likeness (QED) is 0.564. The minimum Gasteiger partial charge on any atom is -0.426 e. The van der Waals surface area contributed by atoms with Gasteiger partial charge in [-0.1, -0.05) is 41.5 Å². The summed E-state index contributed by atoms with van der Waals surface area (Å²) in [4.78, 5) is 11.1. The van der Waals surface area contributed by atoms with E-state index in [9.17, 15) is 4.79 Å². The van der Waals surface area contributed by atoms with E-state index in [4.69, 9.17) is 9.47 Å². The van der Waals surface area contributed by atoms with Crippen LogP contribution in [0.4, 0.5) is 4.79 Å². The largest absolute Gasteiger partial charge is 0.509 e. The molecule has 0 unspecified atom stereocenters. The summed E-state index contributed by atoms with van der Waals surface area (Å²) in [7, 11) is 0. The maximum atomic E-state index is 11.1. The highest BCUT2D eigenvalue weighted by molar-refractivity contribution is 5.62. The van der Waals surface area contributed by atoms with E-state index in [1.807, 2.05) is 0 Å². The lowest BCUT2D eigenvalue weighted by Gasteiger charge is -2.34. The molecule has 0 amide bonds. The van der Waals surface area contributed by atoms with Gasteiger partial charge in [-0.3, -0.25) is 0 Å². The Balaban J connectivity index is 2.89. The van der Waals surface area contributed by atoms with Crippen LogP contribution in [-0.4, -0.2) is 18.4 Å². The van der Waals surface area contributed by atoms with E-state index >= 15 is 0 Å². The van der Waals surface area contributed by atoms with E-state index in [-0.39, 0.29) is 23.0 Å². The van der Waals surface area contributed by atoms with Crippen LogP contribution in [0.1, 0.15) is 41.5 Å². The first-order valence-corrected chi connectivity index (χ1v) is 4.99. The number of cyclic esters (lactones) is 2. The number of hydrogen-bond acceptors (Lipinski definition) is 3. The predicted molar refractivity (Wildman–Crippen MR) is 54.1 cm³/mol. The summed E-state index contributed by atoms with van der Waals surface area (Å²) in [6, 6.07) is 0. The van der Waals surface area contributed by atoms with Gasteiger partial charge in [-0.2, -0.15) is 0 Å². The SMILES string of the molecule is CC(C)(C)[C@@H]1OC(=O)O[C@H]1C(C)(C)C. The minimum absolute atomic E-state index is 0.0793. The van der Waals surface area contributed by atoms with Crippen molar-refractivity contribution in [1.29, 1.82) is 0 Å². The van der Waals surface area contributed by atoms with E-state index in [2.05, 4.69) is 41.5 Å². The molecule has 1 rings (SSSR count). The summed E-state index contributed by atoms with van der Waals surface area (Å²) in [6.07, 6.45) is -0.852. The van der Waals surface area contributed by atoms with Gasteiger partial charge in [0, 0.05) is 10.8 Å². The fourth-order valence-electron chi connectivity index (χ4n) is 1.62. The Labute approximate surface area is 85.8 Å². The molecule has 82 valence electrons. The first-order chi connectivity index (χ1) is 6.12. The molecular formula is C11H20O3. The summed E-state index contributed by atoms with van der Waals surface area (Å²) in [6.45, 7) is 12.3. The van der Waals surface area contributed by atoms with Gasteiger partial charge >= 0.3 is 6.16 Å².